The van der Waals surface area contributed by atoms with Crippen molar-refractivity contribution < 1.29 is 24.2 Å². The summed E-state index contributed by atoms with van der Waals surface area (Å²) in [5.74, 6) is 0.305. The summed E-state index contributed by atoms with van der Waals surface area (Å²) in [6.07, 6.45) is -0.217. The van der Waals surface area contributed by atoms with E-state index in [9.17, 15) is 14.7 Å². The fourth-order valence-electron chi connectivity index (χ4n) is 4.42. The Morgan fingerprint density at radius 1 is 1.18 bits per heavy atom. The molecule has 2 aromatic carbocycles. The Hall–Kier alpha value is -2.55. The molecule has 0 spiro atoms. The normalized spacial score (nSPS) is 18.9. The number of nitrogens with zero attached hydrogens (tertiary/aromatic N) is 1. The van der Waals surface area contributed by atoms with Gasteiger partial charge in [0.05, 0.1) is 12.7 Å². The summed E-state index contributed by atoms with van der Waals surface area (Å²) in [6, 6.07) is 15.2. The molecule has 2 aliphatic rings. The van der Waals surface area contributed by atoms with Crippen molar-refractivity contribution in [3.63, 3.8) is 0 Å². The van der Waals surface area contributed by atoms with Crippen LogP contribution < -0.4 is 5.32 Å². The van der Waals surface area contributed by atoms with Gasteiger partial charge >= 0.3 is 12.1 Å². The van der Waals surface area contributed by atoms with Crippen LogP contribution in [-0.2, 0) is 14.3 Å². The van der Waals surface area contributed by atoms with Crippen molar-refractivity contribution >= 4 is 23.8 Å². The molecule has 2 unspecified atom stereocenters. The maximum atomic E-state index is 12.4. The molecule has 2 atom stereocenters. The molecule has 33 heavy (non-hydrogen) atoms. The molecule has 1 aliphatic carbocycles. The third-order valence-corrected chi connectivity index (χ3v) is 7.26. The fraction of sp³-hybridized carbons (Fsp3) is 0.440. The van der Waals surface area contributed by atoms with E-state index in [0.29, 0.717) is 12.2 Å². The monoisotopic (exact) mass is 470 g/mol. The first-order chi connectivity index (χ1) is 16.0. The van der Waals surface area contributed by atoms with Crippen molar-refractivity contribution in [2.45, 2.75) is 24.5 Å². The Morgan fingerprint density at radius 3 is 2.48 bits per heavy atom. The van der Waals surface area contributed by atoms with Crippen LogP contribution >= 0.6 is 11.8 Å². The van der Waals surface area contributed by atoms with Gasteiger partial charge in [-0.3, -0.25) is 0 Å². The number of aliphatic carboxylic acids is 1. The van der Waals surface area contributed by atoms with Crippen molar-refractivity contribution in [2.24, 2.45) is 0 Å². The lowest BCUT2D eigenvalue weighted by atomic mass is 9.98. The van der Waals surface area contributed by atoms with Gasteiger partial charge in [0.2, 0.25) is 0 Å². The average Bonchev–Trinajstić information content (AvgIpc) is 3.13. The van der Waals surface area contributed by atoms with Crippen molar-refractivity contribution in [1.29, 1.82) is 0 Å². The maximum Gasteiger partial charge on any atom is 0.407 e. The first-order valence-electron chi connectivity index (χ1n) is 11.2. The van der Waals surface area contributed by atoms with Gasteiger partial charge in [-0.25, -0.2) is 9.59 Å². The number of carboxylic acid groups (broad SMARTS) is 1. The molecule has 176 valence electrons. The molecule has 2 aromatic rings. The standard InChI is InChI=1S/C25H30N2O5S/c1-27-11-12-31-17(14-27)16-33-13-10-23(24(28)29)26-25(30)32-15-22-20-8-4-2-6-18(20)19-7-3-5-9-21(19)22/h2-9,17,22-23H,10-16H2,1H3,(H,26,30)(H,28,29). The van der Waals surface area contributed by atoms with Gasteiger partial charge in [0, 0.05) is 24.8 Å². The number of alkyl carbamates (subject to hydrolysis) is 1. The second-order valence-corrected chi connectivity index (χ2v) is 9.63. The molecule has 7 nitrogen and oxygen atoms in total. The summed E-state index contributed by atoms with van der Waals surface area (Å²) in [5.41, 5.74) is 4.54. The summed E-state index contributed by atoms with van der Waals surface area (Å²) in [4.78, 5) is 26.3. The summed E-state index contributed by atoms with van der Waals surface area (Å²) in [6.45, 7) is 2.70. The number of hydrogen-bond acceptors (Lipinski definition) is 6. The summed E-state index contributed by atoms with van der Waals surface area (Å²) in [5, 5.41) is 12.1. The molecule has 1 heterocycles. The van der Waals surface area contributed by atoms with Gasteiger partial charge in [0.1, 0.15) is 12.6 Å². The van der Waals surface area contributed by atoms with Gasteiger partial charge in [0.25, 0.3) is 0 Å². The van der Waals surface area contributed by atoms with E-state index in [1.54, 1.807) is 11.8 Å². The SMILES string of the molecule is CN1CCOC(CSCCC(NC(=O)OCC2c3ccccc3-c3ccccc32)C(=O)O)C1. The molecule has 0 bridgehead atoms. The highest BCUT2D eigenvalue weighted by Crippen LogP contribution is 2.44. The van der Waals surface area contributed by atoms with E-state index >= 15 is 0 Å². The summed E-state index contributed by atoms with van der Waals surface area (Å²) >= 11 is 1.65. The topological polar surface area (TPSA) is 88.1 Å². The fourth-order valence-corrected chi connectivity index (χ4v) is 5.46. The zero-order valence-corrected chi connectivity index (χ0v) is 19.6. The molecule has 0 aromatic heterocycles. The lowest BCUT2D eigenvalue weighted by Crippen LogP contribution is -2.42. The number of carbonyl (C=O) groups excluding carboxylic acids is 1. The third kappa shape index (κ3) is 5.88. The number of fused-ring (bicyclic) bond motifs is 3. The highest BCUT2D eigenvalue weighted by atomic mass is 32.2. The number of ether oxygens (including phenoxy) is 2. The Bertz CT molecular complexity index is 939. The molecule has 0 saturated carbocycles. The Morgan fingerprint density at radius 2 is 1.85 bits per heavy atom. The lowest BCUT2D eigenvalue weighted by molar-refractivity contribution is -0.139. The smallest absolute Gasteiger partial charge is 0.407 e. The van der Waals surface area contributed by atoms with E-state index < -0.39 is 18.1 Å². The van der Waals surface area contributed by atoms with E-state index in [-0.39, 0.29) is 18.6 Å². The minimum atomic E-state index is -1.06. The van der Waals surface area contributed by atoms with Crippen LogP contribution in [0.15, 0.2) is 48.5 Å². The predicted octanol–water partition coefficient (Wildman–Crippen LogP) is 3.43. The number of benzene rings is 2. The van der Waals surface area contributed by atoms with Gasteiger partial charge in [-0.2, -0.15) is 11.8 Å². The minimum Gasteiger partial charge on any atom is -0.480 e. The first kappa shape index (κ1) is 23.6. The van der Waals surface area contributed by atoms with Crippen LogP contribution in [0.4, 0.5) is 4.79 Å². The molecule has 1 amide bonds. The molecular formula is C25H30N2O5S. The van der Waals surface area contributed by atoms with E-state index in [4.69, 9.17) is 9.47 Å². The van der Waals surface area contributed by atoms with Crippen LogP contribution in [0.5, 0.6) is 0 Å². The predicted molar refractivity (Wildman–Crippen MR) is 129 cm³/mol. The molecule has 0 radical (unpaired) electrons. The Kier molecular flexibility index (Phi) is 7.90. The summed E-state index contributed by atoms with van der Waals surface area (Å²) < 4.78 is 11.2. The van der Waals surface area contributed by atoms with Crippen molar-refractivity contribution in [2.75, 3.05) is 44.9 Å². The molecule has 1 saturated heterocycles. The second-order valence-electron chi connectivity index (χ2n) is 8.48. The Balaban J connectivity index is 1.26. The van der Waals surface area contributed by atoms with Crippen molar-refractivity contribution in [3.8, 4) is 11.1 Å². The Labute approximate surface area is 198 Å². The van der Waals surface area contributed by atoms with Crippen LogP contribution in [0.1, 0.15) is 23.5 Å². The number of thioether (sulfide) groups is 1. The van der Waals surface area contributed by atoms with Crippen LogP contribution in [0.2, 0.25) is 0 Å². The second kappa shape index (κ2) is 11.0. The molecule has 2 N–H and O–H groups in total. The van der Waals surface area contributed by atoms with Gasteiger partial charge in [-0.15, -0.1) is 0 Å². The molecule has 8 heteroatoms. The molecule has 1 aliphatic heterocycles. The zero-order valence-electron chi connectivity index (χ0n) is 18.7. The number of hydrogen-bond donors (Lipinski definition) is 2. The lowest BCUT2D eigenvalue weighted by Gasteiger charge is -2.29. The van der Waals surface area contributed by atoms with E-state index in [1.165, 1.54) is 0 Å². The van der Waals surface area contributed by atoms with Gasteiger partial charge < -0.3 is 24.8 Å². The molecular weight excluding hydrogens is 440 g/mol. The van der Waals surface area contributed by atoms with Gasteiger partial charge in [0.15, 0.2) is 0 Å². The van der Waals surface area contributed by atoms with Crippen LogP contribution in [0.3, 0.4) is 0 Å². The number of rotatable bonds is 9. The number of amides is 1. The average molecular weight is 471 g/mol. The van der Waals surface area contributed by atoms with E-state index in [2.05, 4.69) is 29.4 Å². The third-order valence-electron chi connectivity index (χ3n) is 6.13. The number of morpholine rings is 1. The highest BCUT2D eigenvalue weighted by Gasteiger charge is 2.29. The van der Waals surface area contributed by atoms with Crippen molar-refractivity contribution in [1.82, 2.24) is 10.2 Å². The van der Waals surface area contributed by atoms with Crippen LogP contribution in [-0.4, -0.2) is 79.1 Å². The minimum absolute atomic E-state index is 0.0596. The van der Waals surface area contributed by atoms with Gasteiger partial charge in [-0.05, 0) is 41.5 Å². The number of nitrogens with one attached hydrogen (secondary N) is 1. The number of likely N-dealkylation sites (N-methyl/N-ethyl adjacent to an activating group) is 1. The number of carboxylic acids is 1. The van der Waals surface area contributed by atoms with Crippen molar-refractivity contribution in [3.05, 3.63) is 59.7 Å². The quantitative estimate of drug-likeness (QED) is 0.543. The van der Waals surface area contributed by atoms with Gasteiger partial charge in [-0.1, -0.05) is 48.5 Å². The van der Waals surface area contributed by atoms with Crippen LogP contribution in [0, 0.1) is 0 Å². The largest absolute Gasteiger partial charge is 0.480 e. The summed E-state index contributed by atoms with van der Waals surface area (Å²) in [7, 11) is 2.07. The van der Waals surface area contributed by atoms with E-state index in [0.717, 1.165) is 47.7 Å². The molecule has 1 fully saturated rings. The zero-order chi connectivity index (χ0) is 23.2. The highest BCUT2D eigenvalue weighted by molar-refractivity contribution is 7.99. The van der Waals surface area contributed by atoms with E-state index in [1.807, 2.05) is 36.4 Å². The molecule has 4 rings (SSSR count). The number of carbonyl (C=O) groups is 2. The first-order valence-corrected chi connectivity index (χ1v) is 12.4. The van der Waals surface area contributed by atoms with Crippen LogP contribution in [0.25, 0.3) is 11.1 Å². The maximum absolute atomic E-state index is 12.4.